The molecule has 1 aromatic carbocycles. The molecule has 0 aliphatic carbocycles. The van der Waals surface area contributed by atoms with Gasteiger partial charge in [0.1, 0.15) is 5.82 Å². The predicted molar refractivity (Wildman–Crippen MR) is 66.2 cm³/mol. The Morgan fingerprint density at radius 2 is 2.24 bits per heavy atom. The summed E-state index contributed by atoms with van der Waals surface area (Å²) >= 11 is 6.86. The van der Waals surface area contributed by atoms with E-state index >= 15 is 0 Å². The van der Waals surface area contributed by atoms with Gasteiger partial charge in [-0.15, -0.1) is 11.3 Å². The maximum absolute atomic E-state index is 13.3. The second-order valence-electron chi connectivity index (χ2n) is 3.04. The van der Waals surface area contributed by atoms with E-state index in [1.807, 2.05) is 0 Å². The number of hydrogen-bond acceptors (Lipinski definition) is 3. The van der Waals surface area contributed by atoms with Crippen LogP contribution in [0.25, 0.3) is 0 Å². The van der Waals surface area contributed by atoms with Crippen molar-refractivity contribution in [3.05, 3.63) is 40.6 Å². The lowest BCUT2D eigenvalue weighted by atomic mass is 10.3. The summed E-state index contributed by atoms with van der Waals surface area (Å²) in [5, 5.41) is 7.26. The lowest BCUT2D eigenvalue weighted by Gasteiger charge is -2.06. The van der Waals surface area contributed by atoms with Gasteiger partial charge in [-0.2, -0.15) is 0 Å². The molecule has 0 aliphatic rings. The summed E-state index contributed by atoms with van der Waals surface area (Å²) in [6.07, 6.45) is 1.56. The minimum absolute atomic E-state index is 0.0588. The Kier molecular flexibility index (Phi) is 3.55. The molecule has 0 spiro atoms. The van der Waals surface area contributed by atoms with Crippen LogP contribution in [-0.2, 0) is 0 Å². The molecule has 4 nitrogen and oxygen atoms in total. The fourth-order valence-corrected chi connectivity index (χ4v) is 1.81. The van der Waals surface area contributed by atoms with Crippen molar-refractivity contribution in [2.24, 2.45) is 0 Å². The first-order valence-corrected chi connectivity index (χ1v) is 5.83. The smallest absolute Gasteiger partial charge is 0.305 e. The Bertz CT molecular complexity index is 532. The molecular weight excluding hydrogens is 265 g/mol. The number of anilines is 2. The van der Waals surface area contributed by atoms with Crippen molar-refractivity contribution >= 4 is 39.8 Å². The molecule has 2 amide bonds. The first kappa shape index (κ1) is 11.8. The van der Waals surface area contributed by atoms with E-state index in [1.165, 1.54) is 23.5 Å². The summed E-state index contributed by atoms with van der Waals surface area (Å²) < 4.78 is 13.3. The predicted octanol–water partition coefficient (Wildman–Crippen LogP) is 3.58. The van der Waals surface area contributed by atoms with Gasteiger partial charge in [0.2, 0.25) is 0 Å². The van der Waals surface area contributed by atoms with Gasteiger partial charge in [0, 0.05) is 16.6 Å². The standard InChI is InChI=1S/C10H7ClFN3OS/c11-6-1-2-8(7(12)5-6)14-9(16)15-10-13-3-4-17-10/h1-5H,(H2,13,14,15,16). The number of benzene rings is 1. The van der Waals surface area contributed by atoms with E-state index in [-0.39, 0.29) is 10.7 Å². The highest BCUT2D eigenvalue weighted by Gasteiger charge is 2.08. The molecule has 0 radical (unpaired) electrons. The van der Waals surface area contributed by atoms with Gasteiger partial charge in [-0.25, -0.2) is 14.2 Å². The zero-order chi connectivity index (χ0) is 12.3. The quantitative estimate of drug-likeness (QED) is 0.877. The molecule has 2 aromatic rings. The average molecular weight is 272 g/mol. The number of halogens is 2. The van der Waals surface area contributed by atoms with Crippen LogP contribution in [0.3, 0.4) is 0 Å². The summed E-state index contributed by atoms with van der Waals surface area (Å²) in [6, 6.07) is 3.45. The largest absolute Gasteiger partial charge is 0.325 e. The monoisotopic (exact) mass is 271 g/mol. The molecule has 2 rings (SSSR count). The minimum Gasteiger partial charge on any atom is -0.305 e. The second-order valence-corrected chi connectivity index (χ2v) is 4.37. The molecule has 0 atom stereocenters. The molecule has 0 saturated heterocycles. The molecule has 1 aromatic heterocycles. The van der Waals surface area contributed by atoms with Crippen molar-refractivity contribution in [2.75, 3.05) is 10.6 Å². The molecule has 2 N–H and O–H groups in total. The van der Waals surface area contributed by atoms with Crippen LogP contribution in [0.4, 0.5) is 20.0 Å². The number of carbonyl (C=O) groups is 1. The number of hydrogen-bond donors (Lipinski definition) is 2. The van der Waals surface area contributed by atoms with E-state index < -0.39 is 11.8 Å². The number of nitrogens with one attached hydrogen (secondary N) is 2. The SMILES string of the molecule is O=C(Nc1nccs1)Nc1ccc(Cl)cc1F. The number of carbonyl (C=O) groups excluding carboxylic acids is 1. The molecule has 0 unspecified atom stereocenters. The molecule has 0 saturated carbocycles. The highest BCUT2D eigenvalue weighted by Crippen LogP contribution is 2.19. The van der Waals surface area contributed by atoms with Crippen molar-refractivity contribution in [2.45, 2.75) is 0 Å². The van der Waals surface area contributed by atoms with Gasteiger partial charge in [0.05, 0.1) is 5.69 Å². The Labute approximate surface area is 105 Å². The van der Waals surface area contributed by atoms with Crippen LogP contribution in [0.2, 0.25) is 5.02 Å². The molecule has 7 heteroatoms. The lowest BCUT2D eigenvalue weighted by Crippen LogP contribution is -2.19. The number of urea groups is 1. The Morgan fingerprint density at radius 1 is 1.41 bits per heavy atom. The third kappa shape index (κ3) is 3.15. The Hall–Kier alpha value is -1.66. The van der Waals surface area contributed by atoms with Crippen LogP contribution in [0.15, 0.2) is 29.8 Å². The van der Waals surface area contributed by atoms with E-state index in [1.54, 1.807) is 11.6 Å². The topological polar surface area (TPSA) is 54.0 Å². The molecule has 0 bridgehead atoms. The minimum atomic E-state index is -0.591. The highest BCUT2D eigenvalue weighted by atomic mass is 35.5. The number of nitrogens with zero attached hydrogens (tertiary/aromatic N) is 1. The Morgan fingerprint density at radius 3 is 2.88 bits per heavy atom. The van der Waals surface area contributed by atoms with Crippen LogP contribution < -0.4 is 10.6 Å². The van der Waals surface area contributed by atoms with Crippen LogP contribution in [0.1, 0.15) is 0 Å². The summed E-state index contributed by atoms with van der Waals surface area (Å²) in [5.41, 5.74) is 0.0588. The summed E-state index contributed by atoms with van der Waals surface area (Å²) in [5.74, 6) is -0.591. The third-order valence-corrected chi connectivity index (χ3v) is 2.76. The van der Waals surface area contributed by atoms with Crippen molar-refractivity contribution < 1.29 is 9.18 Å². The van der Waals surface area contributed by atoms with E-state index in [9.17, 15) is 9.18 Å². The number of rotatable bonds is 2. The van der Waals surface area contributed by atoms with Crippen molar-refractivity contribution in [1.82, 2.24) is 4.98 Å². The van der Waals surface area contributed by atoms with Crippen LogP contribution in [0.5, 0.6) is 0 Å². The van der Waals surface area contributed by atoms with Crippen molar-refractivity contribution in [3.8, 4) is 0 Å². The molecule has 0 aliphatic heterocycles. The highest BCUT2D eigenvalue weighted by molar-refractivity contribution is 7.13. The first-order chi connectivity index (χ1) is 8.15. The zero-order valence-corrected chi connectivity index (χ0v) is 9.98. The fourth-order valence-electron chi connectivity index (χ4n) is 1.13. The Balaban J connectivity index is 2.03. The van der Waals surface area contributed by atoms with Crippen LogP contribution in [-0.4, -0.2) is 11.0 Å². The van der Waals surface area contributed by atoms with Gasteiger partial charge in [-0.05, 0) is 18.2 Å². The number of amides is 2. The summed E-state index contributed by atoms with van der Waals surface area (Å²) in [4.78, 5) is 15.3. The second kappa shape index (κ2) is 5.11. The van der Waals surface area contributed by atoms with Gasteiger partial charge in [-0.1, -0.05) is 11.6 Å². The maximum Gasteiger partial charge on any atom is 0.325 e. The number of thiazole rings is 1. The normalized spacial score (nSPS) is 10.0. The molecule has 17 heavy (non-hydrogen) atoms. The summed E-state index contributed by atoms with van der Waals surface area (Å²) in [6.45, 7) is 0. The average Bonchev–Trinajstić information content (AvgIpc) is 2.75. The molecule has 0 fully saturated rings. The molecule has 1 heterocycles. The van der Waals surface area contributed by atoms with Crippen molar-refractivity contribution in [3.63, 3.8) is 0 Å². The van der Waals surface area contributed by atoms with Gasteiger partial charge in [0.25, 0.3) is 0 Å². The van der Waals surface area contributed by atoms with E-state index in [4.69, 9.17) is 11.6 Å². The van der Waals surface area contributed by atoms with Gasteiger partial charge >= 0.3 is 6.03 Å². The van der Waals surface area contributed by atoms with Gasteiger partial charge in [0.15, 0.2) is 5.13 Å². The lowest BCUT2D eigenvalue weighted by molar-refractivity contribution is 0.262. The van der Waals surface area contributed by atoms with E-state index in [0.717, 1.165) is 6.07 Å². The van der Waals surface area contributed by atoms with E-state index in [2.05, 4.69) is 15.6 Å². The van der Waals surface area contributed by atoms with E-state index in [0.29, 0.717) is 5.13 Å². The fraction of sp³-hybridized carbons (Fsp3) is 0. The number of aromatic nitrogens is 1. The third-order valence-electron chi connectivity index (χ3n) is 1.83. The van der Waals surface area contributed by atoms with Crippen LogP contribution >= 0.6 is 22.9 Å². The molecular formula is C10H7ClFN3OS. The maximum atomic E-state index is 13.3. The zero-order valence-electron chi connectivity index (χ0n) is 8.41. The van der Waals surface area contributed by atoms with Gasteiger partial charge in [-0.3, -0.25) is 5.32 Å². The first-order valence-electron chi connectivity index (χ1n) is 4.58. The molecule has 88 valence electrons. The van der Waals surface area contributed by atoms with Crippen molar-refractivity contribution in [1.29, 1.82) is 0 Å². The van der Waals surface area contributed by atoms with Gasteiger partial charge < -0.3 is 5.32 Å². The summed E-state index contributed by atoms with van der Waals surface area (Å²) in [7, 11) is 0. The van der Waals surface area contributed by atoms with Crippen LogP contribution in [0, 0.1) is 5.82 Å².